The number of amides is 1. The number of carbonyl (C=O) groups is 1. The lowest BCUT2D eigenvalue weighted by Crippen LogP contribution is -2.27. The van der Waals surface area contributed by atoms with Crippen LogP contribution in [0.3, 0.4) is 0 Å². The minimum atomic E-state index is -0.364. The van der Waals surface area contributed by atoms with Gasteiger partial charge in [-0.15, -0.1) is 0 Å². The summed E-state index contributed by atoms with van der Waals surface area (Å²) in [6, 6.07) is 12.6. The van der Waals surface area contributed by atoms with Gasteiger partial charge in [0.1, 0.15) is 18.3 Å². The van der Waals surface area contributed by atoms with Crippen LogP contribution < -0.4 is 20.3 Å². The summed E-state index contributed by atoms with van der Waals surface area (Å²) in [5.41, 5.74) is 1.41. The van der Waals surface area contributed by atoms with E-state index in [1.807, 2.05) is 24.3 Å². The Kier molecular flexibility index (Phi) is 4.47. The molecule has 0 radical (unpaired) electrons. The van der Waals surface area contributed by atoms with Crippen molar-refractivity contribution in [2.24, 2.45) is 0 Å². The first-order chi connectivity index (χ1) is 14.6. The second-order valence-corrected chi connectivity index (χ2v) is 7.48. The van der Waals surface area contributed by atoms with E-state index in [-0.39, 0.29) is 24.8 Å². The van der Waals surface area contributed by atoms with Crippen LogP contribution in [-0.2, 0) is 11.3 Å². The number of nitrogens with one attached hydrogen (secondary N) is 1. The zero-order valence-corrected chi connectivity index (χ0v) is 17.0. The van der Waals surface area contributed by atoms with Crippen molar-refractivity contribution in [2.45, 2.75) is 6.54 Å². The van der Waals surface area contributed by atoms with E-state index in [0.29, 0.717) is 28.2 Å². The van der Waals surface area contributed by atoms with E-state index in [0.717, 1.165) is 10.2 Å². The summed E-state index contributed by atoms with van der Waals surface area (Å²) >= 11 is 3.39. The lowest BCUT2D eigenvalue weighted by Gasteiger charge is -2.08. The molecule has 1 aliphatic heterocycles. The molecule has 1 aliphatic rings. The molecule has 0 fully saturated rings. The zero-order chi connectivity index (χ0) is 20.7. The number of rotatable bonds is 4. The summed E-state index contributed by atoms with van der Waals surface area (Å²) in [5.74, 6) is 0.826. The molecule has 0 saturated heterocycles. The summed E-state index contributed by atoms with van der Waals surface area (Å²) in [4.78, 5) is 29.6. The SMILES string of the molecule is O=C(Cn1cnc2c(cnn2-c2ccc(Br)cc2)c1=O)Nc1ccc2c(c1)OCO2. The van der Waals surface area contributed by atoms with E-state index in [4.69, 9.17) is 9.47 Å². The molecule has 1 N–H and O–H groups in total. The number of ether oxygens (including phenoxy) is 2. The first kappa shape index (κ1) is 18.4. The molecule has 0 unspecified atom stereocenters. The average molecular weight is 468 g/mol. The van der Waals surface area contributed by atoms with Crippen LogP contribution in [-0.4, -0.2) is 32.0 Å². The molecule has 10 heteroatoms. The molecule has 150 valence electrons. The lowest BCUT2D eigenvalue weighted by molar-refractivity contribution is -0.116. The first-order valence-corrected chi connectivity index (χ1v) is 9.76. The van der Waals surface area contributed by atoms with Crippen molar-refractivity contribution in [3.8, 4) is 17.2 Å². The first-order valence-electron chi connectivity index (χ1n) is 8.97. The molecular weight excluding hydrogens is 454 g/mol. The third-order valence-corrected chi connectivity index (χ3v) is 5.12. The van der Waals surface area contributed by atoms with Crippen LogP contribution in [0, 0.1) is 0 Å². The monoisotopic (exact) mass is 467 g/mol. The summed E-state index contributed by atoms with van der Waals surface area (Å²) in [6.07, 6.45) is 2.81. The molecule has 1 amide bonds. The number of hydrogen-bond donors (Lipinski definition) is 1. The average Bonchev–Trinajstić information content (AvgIpc) is 3.37. The smallest absolute Gasteiger partial charge is 0.264 e. The minimum absolute atomic E-state index is 0.155. The van der Waals surface area contributed by atoms with E-state index in [1.165, 1.54) is 17.1 Å². The standard InChI is InChI=1S/C20H14BrN5O4/c21-12-1-4-14(5-2-12)26-19-15(8-23-26)20(28)25(10-22-19)9-18(27)24-13-3-6-16-17(7-13)30-11-29-16/h1-8,10H,9,11H2,(H,24,27). The highest BCUT2D eigenvalue weighted by Gasteiger charge is 2.16. The highest BCUT2D eigenvalue weighted by Crippen LogP contribution is 2.34. The van der Waals surface area contributed by atoms with Gasteiger partial charge in [0.15, 0.2) is 17.1 Å². The molecule has 2 aromatic heterocycles. The van der Waals surface area contributed by atoms with Crippen molar-refractivity contribution < 1.29 is 14.3 Å². The fraction of sp³-hybridized carbons (Fsp3) is 0.100. The van der Waals surface area contributed by atoms with Crippen molar-refractivity contribution in [3.05, 3.63) is 69.8 Å². The van der Waals surface area contributed by atoms with Gasteiger partial charge >= 0.3 is 0 Å². The Labute approximate surface area is 178 Å². The number of hydrogen-bond acceptors (Lipinski definition) is 6. The van der Waals surface area contributed by atoms with Gasteiger partial charge in [-0.2, -0.15) is 5.10 Å². The normalized spacial score (nSPS) is 12.3. The second-order valence-electron chi connectivity index (χ2n) is 6.56. The predicted octanol–water partition coefficient (Wildman–Crippen LogP) is 2.71. The number of halogens is 1. The quantitative estimate of drug-likeness (QED) is 0.495. The largest absolute Gasteiger partial charge is 0.454 e. The highest BCUT2D eigenvalue weighted by atomic mass is 79.9. The molecular formula is C20H14BrN5O4. The van der Waals surface area contributed by atoms with Crippen molar-refractivity contribution in [1.82, 2.24) is 19.3 Å². The van der Waals surface area contributed by atoms with E-state index in [2.05, 4.69) is 31.3 Å². The van der Waals surface area contributed by atoms with E-state index >= 15 is 0 Å². The lowest BCUT2D eigenvalue weighted by atomic mass is 10.3. The van der Waals surface area contributed by atoms with E-state index in [1.54, 1.807) is 22.9 Å². The van der Waals surface area contributed by atoms with Crippen LogP contribution in [0.2, 0.25) is 0 Å². The number of anilines is 1. The maximum absolute atomic E-state index is 12.8. The maximum Gasteiger partial charge on any atom is 0.264 e. The Morgan fingerprint density at radius 2 is 1.93 bits per heavy atom. The zero-order valence-electron chi connectivity index (χ0n) is 15.4. The predicted molar refractivity (Wildman–Crippen MR) is 112 cm³/mol. The van der Waals surface area contributed by atoms with Gasteiger partial charge in [-0.3, -0.25) is 14.2 Å². The molecule has 30 heavy (non-hydrogen) atoms. The summed E-state index contributed by atoms with van der Waals surface area (Å²) in [7, 11) is 0. The fourth-order valence-corrected chi connectivity index (χ4v) is 3.43. The molecule has 5 rings (SSSR count). The van der Waals surface area contributed by atoms with E-state index in [9.17, 15) is 9.59 Å². The van der Waals surface area contributed by atoms with Crippen molar-refractivity contribution in [3.63, 3.8) is 0 Å². The summed E-state index contributed by atoms with van der Waals surface area (Å²) in [5, 5.41) is 7.35. The molecule has 0 bridgehead atoms. The van der Waals surface area contributed by atoms with Crippen molar-refractivity contribution >= 4 is 38.6 Å². The molecule has 0 spiro atoms. The van der Waals surface area contributed by atoms with Gasteiger partial charge in [-0.1, -0.05) is 15.9 Å². The van der Waals surface area contributed by atoms with Gasteiger partial charge in [0.2, 0.25) is 12.7 Å². The van der Waals surface area contributed by atoms with Gasteiger partial charge in [-0.25, -0.2) is 9.67 Å². The number of nitrogens with zero attached hydrogens (tertiary/aromatic N) is 4. The number of carbonyl (C=O) groups excluding carboxylic acids is 1. The molecule has 9 nitrogen and oxygen atoms in total. The number of benzene rings is 2. The van der Waals surface area contributed by atoms with Crippen LogP contribution >= 0.6 is 15.9 Å². The van der Waals surface area contributed by atoms with Gasteiger partial charge in [0.05, 0.1) is 11.9 Å². The molecule has 4 aromatic rings. The molecule has 0 atom stereocenters. The number of aromatic nitrogens is 4. The van der Waals surface area contributed by atoms with Crippen LogP contribution in [0.4, 0.5) is 5.69 Å². The van der Waals surface area contributed by atoms with Crippen LogP contribution in [0.1, 0.15) is 0 Å². The van der Waals surface area contributed by atoms with Gasteiger partial charge in [0.25, 0.3) is 5.56 Å². The third kappa shape index (κ3) is 3.30. The maximum atomic E-state index is 12.8. The van der Waals surface area contributed by atoms with Crippen LogP contribution in [0.5, 0.6) is 11.5 Å². The minimum Gasteiger partial charge on any atom is -0.454 e. The van der Waals surface area contributed by atoms with Crippen molar-refractivity contribution in [1.29, 1.82) is 0 Å². The topological polar surface area (TPSA) is 100 Å². The Bertz CT molecular complexity index is 1330. The Hall–Kier alpha value is -3.66. The molecule has 2 aromatic carbocycles. The van der Waals surface area contributed by atoms with Crippen LogP contribution in [0.15, 0.2) is 64.3 Å². The Balaban J connectivity index is 1.38. The third-order valence-electron chi connectivity index (χ3n) is 4.60. The molecule has 3 heterocycles. The van der Waals surface area contributed by atoms with Gasteiger partial charge in [0, 0.05) is 16.2 Å². The fourth-order valence-electron chi connectivity index (χ4n) is 3.16. The number of fused-ring (bicyclic) bond motifs is 2. The van der Waals surface area contributed by atoms with Crippen molar-refractivity contribution in [2.75, 3.05) is 12.1 Å². The van der Waals surface area contributed by atoms with Gasteiger partial charge < -0.3 is 14.8 Å². The summed E-state index contributed by atoms with van der Waals surface area (Å²) in [6.45, 7) is -0.0264. The van der Waals surface area contributed by atoms with E-state index < -0.39 is 0 Å². The molecule has 0 aliphatic carbocycles. The second kappa shape index (κ2) is 7.30. The highest BCUT2D eigenvalue weighted by molar-refractivity contribution is 9.10. The molecule has 0 saturated carbocycles. The van der Waals surface area contributed by atoms with Gasteiger partial charge in [-0.05, 0) is 36.4 Å². The Morgan fingerprint density at radius 1 is 1.13 bits per heavy atom. The van der Waals surface area contributed by atoms with Crippen LogP contribution in [0.25, 0.3) is 16.7 Å². The summed E-state index contributed by atoms with van der Waals surface area (Å²) < 4.78 is 14.3. The Morgan fingerprint density at radius 3 is 2.77 bits per heavy atom.